The highest BCUT2D eigenvalue weighted by Crippen LogP contribution is 2.45. The largest absolute Gasteiger partial charge is 0.444 e. The van der Waals surface area contributed by atoms with Crippen LogP contribution in [0.25, 0.3) is 0 Å². The van der Waals surface area contributed by atoms with Crippen molar-refractivity contribution < 1.29 is 19.1 Å². The zero-order valence-corrected chi connectivity index (χ0v) is 22.3. The Kier molecular flexibility index (Phi) is 9.59. The van der Waals surface area contributed by atoms with Crippen LogP contribution in [-0.4, -0.2) is 73.3 Å². The first-order chi connectivity index (χ1) is 16.7. The van der Waals surface area contributed by atoms with Crippen LogP contribution in [-0.2, 0) is 20.8 Å². The van der Waals surface area contributed by atoms with Crippen molar-refractivity contribution in [3.05, 3.63) is 35.9 Å². The second kappa shape index (κ2) is 12.2. The second-order valence-corrected chi connectivity index (χ2v) is 11.3. The molecular formula is C28H45N3O4. The first kappa shape index (κ1) is 27.5. The zero-order valence-electron chi connectivity index (χ0n) is 22.3. The van der Waals surface area contributed by atoms with E-state index in [-0.39, 0.29) is 23.3 Å². The van der Waals surface area contributed by atoms with Gasteiger partial charge in [-0.2, -0.15) is 0 Å². The number of carbonyl (C=O) groups excluding carboxylic acids is 2. The Hall–Kier alpha value is -2.12. The fourth-order valence-electron chi connectivity index (χ4n) is 5.32. The summed E-state index contributed by atoms with van der Waals surface area (Å²) >= 11 is 0. The van der Waals surface area contributed by atoms with Crippen LogP contribution in [0.1, 0.15) is 59.4 Å². The number of ether oxygens (including phenoxy) is 2. The van der Waals surface area contributed by atoms with Crippen LogP contribution in [0.5, 0.6) is 0 Å². The predicted molar refractivity (Wildman–Crippen MR) is 138 cm³/mol. The molecule has 2 saturated heterocycles. The normalized spacial score (nSPS) is 20.5. The van der Waals surface area contributed by atoms with Crippen molar-refractivity contribution in [3.8, 4) is 0 Å². The summed E-state index contributed by atoms with van der Waals surface area (Å²) in [5.74, 6) is 0.496. The van der Waals surface area contributed by atoms with Gasteiger partial charge < -0.3 is 19.7 Å². The molecule has 2 aliphatic rings. The first-order valence-electron chi connectivity index (χ1n) is 13.3. The maximum atomic E-state index is 13.3. The standard InChI is InChI=1S/C28H45N3O4/c1-6-11-22(7-2)18-34-15-14-29-25(32)24-17-30(16-23-12-9-8-10-13-23)19-28(24)20-31(21-28)26(33)35-27(3,4)5/h8-10,12-13,22,24H,6-7,11,14-21H2,1-5H3,(H,29,32). The monoisotopic (exact) mass is 487 g/mol. The smallest absolute Gasteiger partial charge is 0.410 e. The van der Waals surface area contributed by atoms with Crippen molar-refractivity contribution in [2.24, 2.45) is 17.3 Å². The number of rotatable bonds is 11. The molecule has 1 N–H and O–H groups in total. The molecule has 0 bridgehead atoms. The molecule has 7 nitrogen and oxygen atoms in total. The topological polar surface area (TPSA) is 71.1 Å². The molecule has 2 unspecified atom stereocenters. The fraction of sp³-hybridized carbons (Fsp3) is 0.714. The number of hydrogen-bond donors (Lipinski definition) is 1. The lowest BCUT2D eigenvalue weighted by Gasteiger charge is -2.50. The number of hydrogen-bond acceptors (Lipinski definition) is 5. The number of nitrogens with zero attached hydrogens (tertiary/aromatic N) is 2. The molecule has 196 valence electrons. The van der Waals surface area contributed by atoms with Crippen LogP contribution >= 0.6 is 0 Å². The highest BCUT2D eigenvalue weighted by Gasteiger charge is 2.58. The third-order valence-electron chi connectivity index (χ3n) is 7.12. The van der Waals surface area contributed by atoms with Crippen LogP contribution < -0.4 is 5.32 Å². The van der Waals surface area contributed by atoms with E-state index < -0.39 is 5.60 Å². The summed E-state index contributed by atoms with van der Waals surface area (Å²) in [6.07, 6.45) is 3.17. The molecule has 1 aromatic carbocycles. The molecule has 0 aliphatic carbocycles. The number of likely N-dealkylation sites (tertiary alicyclic amines) is 2. The maximum absolute atomic E-state index is 13.3. The lowest BCUT2D eigenvalue weighted by atomic mass is 9.71. The van der Waals surface area contributed by atoms with Crippen LogP contribution in [0.3, 0.4) is 0 Å². The van der Waals surface area contributed by atoms with Crippen molar-refractivity contribution >= 4 is 12.0 Å². The van der Waals surface area contributed by atoms with E-state index >= 15 is 0 Å². The van der Waals surface area contributed by atoms with Gasteiger partial charge in [-0.05, 0) is 38.7 Å². The minimum Gasteiger partial charge on any atom is -0.444 e. The lowest BCUT2D eigenvalue weighted by Crippen LogP contribution is -2.64. The summed E-state index contributed by atoms with van der Waals surface area (Å²) in [5, 5.41) is 3.11. The van der Waals surface area contributed by atoms with Crippen molar-refractivity contribution in [1.82, 2.24) is 15.1 Å². The summed E-state index contributed by atoms with van der Waals surface area (Å²) < 4.78 is 11.4. The van der Waals surface area contributed by atoms with Crippen LogP contribution in [0.4, 0.5) is 4.79 Å². The van der Waals surface area contributed by atoms with E-state index in [4.69, 9.17) is 9.47 Å². The molecule has 0 aromatic heterocycles. The number of benzene rings is 1. The molecular weight excluding hydrogens is 442 g/mol. The van der Waals surface area contributed by atoms with Gasteiger partial charge in [0.05, 0.1) is 12.5 Å². The highest BCUT2D eigenvalue weighted by molar-refractivity contribution is 5.81. The Morgan fingerprint density at radius 3 is 2.49 bits per heavy atom. The van der Waals surface area contributed by atoms with Gasteiger partial charge in [-0.3, -0.25) is 9.69 Å². The molecule has 1 spiro atoms. The summed E-state index contributed by atoms with van der Waals surface area (Å²) in [6.45, 7) is 15.2. The molecule has 35 heavy (non-hydrogen) atoms. The average Bonchev–Trinajstić information content (AvgIpc) is 3.16. The van der Waals surface area contributed by atoms with Gasteiger partial charge in [0, 0.05) is 51.3 Å². The van der Waals surface area contributed by atoms with Gasteiger partial charge in [0.15, 0.2) is 0 Å². The van der Waals surface area contributed by atoms with Gasteiger partial charge >= 0.3 is 6.09 Å². The fourth-order valence-corrected chi connectivity index (χ4v) is 5.32. The lowest BCUT2D eigenvalue weighted by molar-refractivity contribution is -0.132. The van der Waals surface area contributed by atoms with Gasteiger partial charge in [-0.25, -0.2) is 4.79 Å². The highest BCUT2D eigenvalue weighted by atomic mass is 16.6. The molecule has 0 saturated carbocycles. The summed E-state index contributed by atoms with van der Waals surface area (Å²) in [5.41, 5.74) is 0.475. The second-order valence-electron chi connectivity index (χ2n) is 11.3. The van der Waals surface area contributed by atoms with Gasteiger partial charge in [-0.15, -0.1) is 0 Å². The van der Waals surface area contributed by atoms with Crippen molar-refractivity contribution in [2.45, 2.75) is 66.0 Å². The van der Waals surface area contributed by atoms with Gasteiger partial charge in [0.25, 0.3) is 0 Å². The molecule has 2 heterocycles. The Morgan fingerprint density at radius 1 is 1.14 bits per heavy atom. The van der Waals surface area contributed by atoms with Crippen LogP contribution in [0.15, 0.2) is 30.3 Å². The molecule has 0 radical (unpaired) electrons. The van der Waals surface area contributed by atoms with Crippen LogP contribution in [0.2, 0.25) is 0 Å². The van der Waals surface area contributed by atoms with Crippen molar-refractivity contribution in [3.63, 3.8) is 0 Å². The average molecular weight is 488 g/mol. The molecule has 1 aromatic rings. The van der Waals surface area contributed by atoms with E-state index in [0.717, 1.165) is 26.1 Å². The predicted octanol–water partition coefficient (Wildman–Crippen LogP) is 4.31. The first-order valence-corrected chi connectivity index (χ1v) is 13.3. The summed E-state index contributed by atoms with van der Waals surface area (Å²) in [7, 11) is 0. The SMILES string of the molecule is CCCC(CC)COCCNC(=O)C1CN(Cc2ccccc2)CC12CN(C(=O)OC(C)(C)C)C2. The van der Waals surface area contributed by atoms with E-state index in [1.54, 1.807) is 4.90 Å². The zero-order chi connectivity index (χ0) is 25.5. The quantitative estimate of drug-likeness (QED) is 0.471. The molecule has 2 atom stereocenters. The van der Waals surface area contributed by atoms with E-state index in [1.165, 1.54) is 18.4 Å². The minimum atomic E-state index is -0.528. The molecule has 2 fully saturated rings. The van der Waals surface area contributed by atoms with Crippen LogP contribution in [0, 0.1) is 17.3 Å². The van der Waals surface area contributed by atoms with E-state index in [9.17, 15) is 9.59 Å². The van der Waals surface area contributed by atoms with Crippen molar-refractivity contribution in [2.75, 3.05) is 45.9 Å². The Bertz CT molecular complexity index is 817. The van der Waals surface area contributed by atoms with Crippen molar-refractivity contribution in [1.29, 1.82) is 0 Å². The van der Waals surface area contributed by atoms with Gasteiger partial charge in [0.2, 0.25) is 5.91 Å². The molecule has 2 amide bonds. The molecule has 2 aliphatic heterocycles. The molecule has 3 rings (SSSR count). The van der Waals surface area contributed by atoms with Gasteiger partial charge in [0.1, 0.15) is 5.60 Å². The Balaban J connectivity index is 1.56. The minimum absolute atomic E-state index is 0.0635. The number of nitrogens with one attached hydrogen (secondary N) is 1. The Labute approximate surface area is 211 Å². The summed E-state index contributed by atoms with van der Waals surface area (Å²) in [6, 6.07) is 10.3. The number of carbonyl (C=O) groups is 2. The Morgan fingerprint density at radius 2 is 1.86 bits per heavy atom. The van der Waals surface area contributed by atoms with E-state index in [2.05, 4.69) is 36.2 Å². The summed E-state index contributed by atoms with van der Waals surface area (Å²) in [4.78, 5) is 29.9. The third kappa shape index (κ3) is 7.68. The van der Waals surface area contributed by atoms with E-state index in [1.807, 2.05) is 39.0 Å². The number of amides is 2. The van der Waals surface area contributed by atoms with E-state index in [0.29, 0.717) is 38.7 Å². The molecule has 7 heteroatoms. The maximum Gasteiger partial charge on any atom is 0.410 e. The van der Waals surface area contributed by atoms with Gasteiger partial charge in [-0.1, -0.05) is 57.0 Å². The third-order valence-corrected chi connectivity index (χ3v) is 7.12.